The number of rotatable bonds is 12. The van der Waals surface area contributed by atoms with E-state index < -0.39 is 41.8 Å². The molecule has 0 saturated carbocycles. The summed E-state index contributed by atoms with van der Waals surface area (Å²) in [4.78, 5) is 51.9. The van der Waals surface area contributed by atoms with E-state index in [1.165, 1.54) is 24.3 Å². The average molecular weight is 518 g/mol. The second-order valence-electron chi connectivity index (χ2n) is 7.99. The zero-order valence-electron chi connectivity index (χ0n) is 19.5. The number of benzene rings is 2. The average Bonchev–Trinajstić information content (AvgIpc) is 3.25. The SMILES string of the molecule is CCCC[O][Ti]([O]CCCC)([O]N1C(=O)c2ccccc2C1=O)[O]N1C(=O)c2ccccc2C1=O. The number of nitrogens with zero attached hydrogens (tertiary/aromatic N) is 2. The fourth-order valence-corrected chi connectivity index (χ4v) is 6.53. The van der Waals surface area contributed by atoms with Gasteiger partial charge in [-0.3, -0.25) is 0 Å². The molecule has 0 spiro atoms. The van der Waals surface area contributed by atoms with Crippen molar-refractivity contribution in [2.45, 2.75) is 39.5 Å². The molecule has 0 bridgehead atoms. The van der Waals surface area contributed by atoms with E-state index in [4.69, 9.17) is 13.5 Å². The molecule has 2 aromatic rings. The van der Waals surface area contributed by atoms with Gasteiger partial charge in [-0.05, 0) is 0 Å². The van der Waals surface area contributed by atoms with Crippen LogP contribution in [0.3, 0.4) is 0 Å². The van der Waals surface area contributed by atoms with E-state index >= 15 is 0 Å². The number of hydrogen-bond donors (Lipinski definition) is 0. The molecule has 2 aromatic carbocycles. The topological polar surface area (TPSA) is 112 Å². The molecule has 0 atom stereocenters. The first-order chi connectivity index (χ1) is 16.9. The molecule has 0 aliphatic carbocycles. The normalized spacial score (nSPS) is 15.3. The third kappa shape index (κ3) is 4.99. The van der Waals surface area contributed by atoms with Gasteiger partial charge in [0.2, 0.25) is 0 Å². The minimum absolute atomic E-state index is 0.120. The van der Waals surface area contributed by atoms with Gasteiger partial charge in [0.1, 0.15) is 0 Å². The van der Waals surface area contributed by atoms with Gasteiger partial charge >= 0.3 is 208 Å². The van der Waals surface area contributed by atoms with E-state index in [0.29, 0.717) is 23.0 Å². The number of hydroxylamine groups is 4. The molecule has 0 saturated heterocycles. The van der Waals surface area contributed by atoms with Crippen LogP contribution < -0.4 is 0 Å². The van der Waals surface area contributed by atoms with Gasteiger partial charge in [0.05, 0.1) is 0 Å². The van der Waals surface area contributed by atoms with E-state index in [0.717, 1.165) is 12.8 Å². The van der Waals surface area contributed by atoms with Crippen molar-refractivity contribution in [3.8, 4) is 0 Å². The van der Waals surface area contributed by atoms with E-state index in [-0.39, 0.29) is 35.5 Å². The molecule has 2 aliphatic heterocycles. The summed E-state index contributed by atoms with van der Waals surface area (Å²) < 4.78 is 23.7. The molecule has 0 radical (unpaired) electrons. The van der Waals surface area contributed by atoms with Crippen molar-refractivity contribution in [3.05, 3.63) is 70.8 Å². The molecule has 2 aliphatic rings. The van der Waals surface area contributed by atoms with Gasteiger partial charge in [0, 0.05) is 0 Å². The Kier molecular flexibility index (Phi) is 7.90. The summed E-state index contributed by atoms with van der Waals surface area (Å²) in [6.45, 7) is 4.14. The first kappa shape index (κ1) is 25.4. The first-order valence-electron chi connectivity index (χ1n) is 11.5. The summed E-state index contributed by atoms with van der Waals surface area (Å²) in [6, 6.07) is 12.6. The molecule has 0 aromatic heterocycles. The standard InChI is InChI=1S/2C8H4NO3.2C4H9O.Ti/c2*10-7-5-3-1-2-4-6(5)8(11)9(7)12;2*1-2-3-4-5;/h2*1-4H;2*2-4H2,1H3;/q4*-1;+4. The molecule has 35 heavy (non-hydrogen) atoms. The number of unbranched alkanes of at least 4 members (excludes halogenated alkanes) is 2. The molecule has 11 heteroatoms. The van der Waals surface area contributed by atoms with Crippen LogP contribution >= 0.6 is 0 Å². The van der Waals surface area contributed by atoms with Crippen LogP contribution in [-0.2, 0) is 31.6 Å². The Morgan fingerprint density at radius 1 is 0.600 bits per heavy atom. The maximum atomic E-state index is 13.0. The Morgan fingerprint density at radius 3 is 1.20 bits per heavy atom. The second kappa shape index (κ2) is 10.9. The van der Waals surface area contributed by atoms with Gasteiger partial charge in [-0.1, -0.05) is 0 Å². The monoisotopic (exact) mass is 518 g/mol. The molecular weight excluding hydrogens is 492 g/mol. The van der Waals surface area contributed by atoms with Crippen LogP contribution in [0.15, 0.2) is 48.5 Å². The Bertz CT molecular complexity index is 994. The Morgan fingerprint density at radius 2 is 0.914 bits per heavy atom. The third-order valence-corrected chi connectivity index (χ3v) is 8.48. The number of carbonyl (C=O) groups is 4. The van der Waals surface area contributed by atoms with Crippen molar-refractivity contribution in [2.75, 3.05) is 13.2 Å². The van der Waals surface area contributed by atoms with Crippen LogP contribution in [0.1, 0.15) is 81.0 Å². The van der Waals surface area contributed by atoms with Gasteiger partial charge in [0.15, 0.2) is 0 Å². The summed E-state index contributed by atoms with van der Waals surface area (Å²) >= 11 is -5.15. The van der Waals surface area contributed by atoms with Crippen molar-refractivity contribution in [2.24, 2.45) is 0 Å². The molecule has 4 rings (SSSR count). The molecule has 10 nitrogen and oxygen atoms in total. The van der Waals surface area contributed by atoms with Gasteiger partial charge in [-0.2, -0.15) is 0 Å². The van der Waals surface area contributed by atoms with Crippen LogP contribution in [0.2, 0.25) is 0 Å². The van der Waals surface area contributed by atoms with Gasteiger partial charge in [0.25, 0.3) is 0 Å². The first-order valence-corrected chi connectivity index (χ1v) is 14.1. The maximum absolute atomic E-state index is 13.0. The molecule has 4 amide bonds. The predicted molar refractivity (Wildman–Crippen MR) is 118 cm³/mol. The van der Waals surface area contributed by atoms with Crippen LogP contribution in [-0.4, -0.2) is 47.0 Å². The second-order valence-corrected chi connectivity index (χ2v) is 11.0. The van der Waals surface area contributed by atoms with Crippen LogP contribution in [0.4, 0.5) is 0 Å². The summed E-state index contributed by atoms with van der Waals surface area (Å²) in [6.07, 6.45) is 2.74. The number of hydrogen-bond acceptors (Lipinski definition) is 8. The van der Waals surface area contributed by atoms with Crippen LogP contribution in [0.5, 0.6) is 0 Å². The fourth-order valence-electron chi connectivity index (χ4n) is 3.57. The molecule has 0 fully saturated rings. The summed E-state index contributed by atoms with van der Waals surface area (Å²) in [5.74, 6) is -2.82. The molecule has 184 valence electrons. The van der Waals surface area contributed by atoms with Crippen molar-refractivity contribution in [1.82, 2.24) is 10.1 Å². The zero-order valence-corrected chi connectivity index (χ0v) is 21.1. The quantitative estimate of drug-likeness (QED) is 0.236. The van der Waals surface area contributed by atoms with Crippen LogP contribution in [0.25, 0.3) is 0 Å². The van der Waals surface area contributed by atoms with Gasteiger partial charge < -0.3 is 0 Å². The number of amides is 4. The zero-order chi connectivity index (χ0) is 25.0. The Hall–Kier alpha value is -2.73. The summed E-state index contributed by atoms with van der Waals surface area (Å²) in [7, 11) is 0. The van der Waals surface area contributed by atoms with E-state index in [1.54, 1.807) is 24.3 Å². The Balaban J connectivity index is 1.67. The van der Waals surface area contributed by atoms with Crippen molar-refractivity contribution >= 4 is 23.6 Å². The van der Waals surface area contributed by atoms with Crippen molar-refractivity contribution in [3.63, 3.8) is 0 Å². The summed E-state index contributed by atoms with van der Waals surface area (Å²) in [5.41, 5.74) is 0.654. The Labute approximate surface area is 207 Å². The van der Waals surface area contributed by atoms with E-state index in [9.17, 15) is 19.2 Å². The fraction of sp³-hybridized carbons (Fsp3) is 0.333. The third-order valence-electron chi connectivity index (χ3n) is 5.47. The van der Waals surface area contributed by atoms with E-state index in [1.807, 2.05) is 13.8 Å². The predicted octanol–water partition coefficient (Wildman–Crippen LogP) is 3.89. The number of fused-ring (bicyclic) bond motifs is 2. The van der Waals surface area contributed by atoms with Gasteiger partial charge in [-0.15, -0.1) is 0 Å². The number of carbonyl (C=O) groups excluding carboxylic acids is 4. The molecule has 0 N–H and O–H groups in total. The molecular formula is C24H26N2O8Ti. The summed E-state index contributed by atoms with van der Waals surface area (Å²) in [5, 5.41) is 1.11. The van der Waals surface area contributed by atoms with Crippen molar-refractivity contribution < 1.29 is 50.8 Å². The van der Waals surface area contributed by atoms with E-state index in [2.05, 4.69) is 0 Å². The minimum atomic E-state index is -5.15. The van der Waals surface area contributed by atoms with Crippen molar-refractivity contribution in [1.29, 1.82) is 0 Å². The van der Waals surface area contributed by atoms with Gasteiger partial charge in [-0.25, -0.2) is 0 Å². The molecule has 2 heterocycles. The number of imide groups is 2. The van der Waals surface area contributed by atoms with Crippen LogP contribution in [0, 0.1) is 0 Å². The molecule has 0 unspecified atom stereocenters.